The van der Waals surface area contributed by atoms with Crippen LogP contribution in [0, 0.1) is 0 Å². The van der Waals surface area contributed by atoms with Gasteiger partial charge in [-0.25, -0.2) is 0 Å². The fraction of sp³-hybridized carbons (Fsp3) is 0.429. The number of likely N-dealkylation sites (N-methyl/N-ethyl adjacent to an activating group) is 1. The van der Waals surface area contributed by atoms with E-state index in [1.165, 1.54) is 7.11 Å². The van der Waals surface area contributed by atoms with E-state index in [0.29, 0.717) is 12.8 Å². The first kappa shape index (κ1) is 12.6. The smallest absolute Gasteiger partial charge is 0.313 e. The Labute approximate surface area is 107 Å². The number of hydrogen-bond acceptors (Lipinski definition) is 3. The number of carbonyl (C=O) groups is 2. The molecule has 1 amide bonds. The van der Waals surface area contributed by atoms with Gasteiger partial charge in [-0.05, 0) is 23.6 Å². The number of hydrogen-bond donors (Lipinski definition) is 0. The van der Waals surface area contributed by atoms with Crippen molar-refractivity contribution in [1.82, 2.24) is 0 Å². The van der Waals surface area contributed by atoms with E-state index < -0.39 is 0 Å². The van der Waals surface area contributed by atoms with Gasteiger partial charge in [0.2, 0.25) is 5.91 Å². The molecule has 1 atom stereocenters. The monoisotopic (exact) mass is 247 g/mol. The normalized spacial score (nSPS) is 15.5. The molecule has 0 saturated heterocycles. The number of benzene rings is 1. The predicted molar refractivity (Wildman–Crippen MR) is 68.6 cm³/mol. The topological polar surface area (TPSA) is 46.6 Å². The van der Waals surface area contributed by atoms with Crippen molar-refractivity contribution < 1.29 is 14.3 Å². The van der Waals surface area contributed by atoms with Crippen molar-refractivity contribution in [1.29, 1.82) is 0 Å². The fourth-order valence-electron chi connectivity index (χ4n) is 2.39. The second-order valence-corrected chi connectivity index (χ2v) is 4.50. The Morgan fingerprint density at radius 3 is 2.83 bits per heavy atom. The van der Waals surface area contributed by atoms with Gasteiger partial charge in [0.1, 0.15) is 0 Å². The van der Waals surface area contributed by atoms with Crippen molar-refractivity contribution in [3.63, 3.8) is 0 Å². The Morgan fingerprint density at radius 1 is 1.50 bits per heavy atom. The largest absolute Gasteiger partial charge is 0.469 e. The number of rotatable bonds is 3. The second-order valence-electron chi connectivity index (χ2n) is 4.50. The molecule has 0 aromatic heterocycles. The first-order valence-corrected chi connectivity index (χ1v) is 6.05. The maximum Gasteiger partial charge on any atom is 0.313 e. The Morgan fingerprint density at radius 2 is 2.22 bits per heavy atom. The van der Waals surface area contributed by atoms with Crippen molar-refractivity contribution in [2.24, 2.45) is 0 Å². The zero-order chi connectivity index (χ0) is 13.3. The van der Waals surface area contributed by atoms with Crippen molar-refractivity contribution in [3.8, 4) is 0 Å². The van der Waals surface area contributed by atoms with Gasteiger partial charge in [0.25, 0.3) is 0 Å². The molecular weight excluding hydrogens is 230 g/mol. The maximum absolute atomic E-state index is 11.7. The number of ether oxygens (including phenoxy) is 1. The van der Waals surface area contributed by atoms with Crippen molar-refractivity contribution >= 4 is 17.6 Å². The molecule has 4 heteroatoms. The van der Waals surface area contributed by atoms with E-state index in [1.54, 1.807) is 11.9 Å². The van der Waals surface area contributed by atoms with Crippen LogP contribution in [0.15, 0.2) is 18.2 Å². The summed E-state index contributed by atoms with van der Waals surface area (Å²) in [7, 11) is 3.17. The molecule has 2 rings (SSSR count). The third-order valence-electron chi connectivity index (χ3n) is 3.48. The van der Waals surface area contributed by atoms with Gasteiger partial charge in [-0.1, -0.05) is 19.1 Å². The SMILES string of the molecule is CCC(C(=O)OC)c1ccc2c(c1)CC(=O)N2C. The van der Waals surface area contributed by atoms with Crippen molar-refractivity contribution in [3.05, 3.63) is 29.3 Å². The molecule has 0 spiro atoms. The van der Waals surface area contributed by atoms with E-state index in [-0.39, 0.29) is 17.8 Å². The molecule has 96 valence electrons. The van der Waals surface area contributed by atoms with Crippen LogP contribution >= 0.6 is 0 Å². The summed E-state index contributed by atoms with van der Waals surface area (Å²) < 4.78 is 4.80. The molecule has 1 aromatic carbocycles. The van der Waals surface area contributed by atoms with Crippen LogP contribution in [0.3, 0.4) is 0 Å². The molecule has 1 aliphatic heterocycles. The summed E-state index contributed by atoms with van der Waals surface area (Å²) >= 11 is 0. The summed E-state index contributed by atoms with van der Waals surface area (Å²) in [5.41, 5.74) is 2.84. The lowest BCUT2D eigenvalue weighted by Gasteiger charge is -2.15. The van der Waals surface area contributed by atoms with Gasteiger partial charge in [-0.15, -0.1) is 0 Å². The molecule has 0 saturated carbocycles. The zero-order valence-electron chi connectivity index (χ0n) is 10.9. The summed E-state index contributed by atoms with van der Waals surface area (Å²) in [5, 5.41) is 0. The molecule has 18 heavy (non-hydrogen) atoms. The Hall–Kier alpha value is -1.84. The number of amides is 1. The first-order valence-electron chi connectivity index (χ1n) is 6.05. The standard InChI is InChI=1S/C14H17NO3/c1-4-11(14(17)18-3)9-5-6-12-10(7-9)8-13(16)15(12)2/h5-7,11H,4,8H2,1-3H3. The molecule has 0 aliphatic carbocycles. The average Bonchev–Trinajstić information content (AvgIpc) is 2.65. The minimum absolute atomic E-state index is 0.0910. The third kappa shape index (κ3) is 1.98. The highest BCUT2D eigenvalue weighted by Gasteiger charge is 2.26. The van der Waals surface area contributed by atoms with Crippen LogP contribution in [0.1, 0.15) is 30.4 Å². The summed E-state index contributed by atoms with van der Waals surface area (Å²) in [5.74, 6) is -0.385. The Bertz CT molecular complexity index is 496. The Balaban J connectivity index is 2.35. The quantitative estimate of drug-likeness (QED) is 0.766. The molecule has 4 nitrogen and oxygen atoms in total. The third-order valence-corrected chi connectivity index (χ3v) is 3.48. The van der Waals surface area contributed by atoms with E-state index in [1.807, 2.05) is 25.1 Å². The lowest BCUT2D eigenvalue weighted by molar-refractivity contribution is -0.142. The molecule has 1 aliphatic rings. The molecule has 0 radical (unpaired) electrons. The first-order chi connectivity index (χ1) is 8.58. The van der Waals surface area contributed by atoms with E-state index in [4.69, 9.17) is 4.74 Å². The fourth-order valence-corrected chi connectivity index (χ4v) is 2.39. The summed E-state index contributed by atoms with van der Waals surface area (Å²) in [6, 6.07) is 5.75. The van der Waals surface area contributed by atoms with Gasteiger partial charge in [-0.3, -0.25) is 9.59 Å². The predicted octanol–water partition coefficient (Wildman–Crippen LogP) is 1.87. The number of fused-ring (bicyclic) bond motifs is 1. The Kier molecular flexibility index (Phi) is 3.36. The van der Waals surface area contributed by atoms with Gasteiger partial charge in [0.15, 0.2) is 0 Å². The van der Waals surface area contributed by atoms with Gasteiger partial charge in [0, 0.05) is 12.7 Å². The molecular formula is C14H17NO3. The van der Waals surface area contributed by atoms with Crippen molar-refractivity contribution in [2.45, 2.75) is 25.7 Å². The molecule has 0 N–H and O–H groups in total. The zero-order valence-corrected chi connectivity index (χ0v) is 10.9. The number of carbonyl (C=O) groups excluding carboxylic acids is 2. The van der Waals surface area contributed by atoms with E-state index in [2.05, 4.69) is 0 Å². The van der Waals surface area contributed by atoms with Crippen LogP contribution in [-0.2, 0) is 20.7 Å². The second kappa shape index (κ2) is 4.80. The minimum Gasteiger partial charge on any atom is -0.469 e. The van der Waals surface area contributed by atoms with E-state index in [0.717, 1.165) is 16.8 Å². The highest BCUT2D eigenvalue weighted by Crippen LogP contribution is 2.31. The summed E-state index contributed by atoms with van der Waals surface area (Å²) in [6.45, 7) is 1.95. The molecule has 0 fully saturated rings. The van der Waals surface area contributed by atoms with Crippen molar-refractivity contribution in [2.75, 3.05) is 19.1 Å². The molecule has 1 aromatic rings. The lowest BCUT2D eigenvalue weighted by atomic mass is 9.94. The van der Waals surface area contributed by atoms with Crippen LogP contribution in [0.5, 0.6) is 0 Å². The number of nitrogens with zero attached hydrogens (tertiary/aromatic N) is 1. The highest BCUT2D eigenvalue weighted by molar-refractivity contribution is 6.01. The molecule has 0 bridgehead atoms. The van der Waals surface area contributed by atoms with Gasteiger partial charge >= 0.3 is 5.97 Å². The highest BCUT2D eigenvalue weighted by atomic mass is 16.5. The van der Waals surface area contributed by atoms with Crippen LogP contribution in [0.25, 0.3) is 0 Å². The van der Waals surface area contributed by atoms with Gasteiger partial charge in [-0.2, -0.15) is 0 Å². The summed E-state index contributed by atoms with van der Waals surface area (Å²) in [4.78, 5) is 24.9. The van der Waals surface area contributed by atoms with Crippen LogP contribution in [0.2, 0.25) is 0 Å². The summed E-state index contributed by atoms with van der Waals surface area (Å²) in [6.07, 6.45) is 1.10. The minimum atomic E-state index is -0.249. The number of esters is 1. The van der Waals surface area contributed by atoms with Crippen LogP contribution < -0.4 is 4.90 Å². The van der Waals surface area contributed by atoms with Crippen LogP contribution in [0.4, 0.5) is 5.69 Å². The lowest BCUT2D eigenvalue weighted by Crippen LogP contribution is -2.20. The van der Waals surface area contributed by atoms with Crippen LogP contribution in [-0.4, -0.2) is 26.0 Å². The van der Waals surface area contributed by atoms with E-state index >= 15 is 0 Å². The number of anilines is 1. The van der Waals surface area contributed by atoms with Gasteiger partial charge in [0.05, 0.1) is 19.4 Å². The maximum atomic E-state index is 11.7. The average molecular weight is 247 g/mol. The molecule has 1 heterocycles. The number of methoxy groups -OCH3 is 1. The van der Waals surface area contributed by atoms with Gasteiger partial charge < -0.3 is 9.64 Å². The van der Waals surface area contributed by atoms with E-state index in [9.17, 15) is 9.59 Å². The molecule has 1 unspecified atom stereocenters.